The fourth-order valence-corrected chi connectivity index (χ4v) is 5.65. The maximum absolute atomic E-state index is 12.9. The van der Waals surface area contributed by atoms with Crippen molar-refractivity contribution >= 4 is 27.5 Å². The quantitative estimate of drug-likeness (QED) is 0.505. The third kappa shape index (κ3) is 4.24. The summed E-state index contributed by atoms with van der Waals surface area (Å²) >= 11 is 1.18. The van der Waals surface area contributed by atoms with Crippen LogP contribution in [-0.4, -0.2) is 69.0 Å². The maximum Gasteiger partial charge on any atom is 0.284 e. The summed E-state index contributed by atoms with van der Waals surface area (Å²) in [4.78, 5) is 14.2. The molecule has 0 atom stereocenters. The van der Waals surface area contributed by atoms with Gasteiger partial charge in [-0.05, 0) is 37.4 Å². The van der Waals surface area contributed by atoms with Gasteiger partial charge in [0.1, 0.15) is 13.2 Å². The summed E-state index contributed by atoms with van der Waals surface area (Å²) in [6.45, 7) is 2.90. The lowest BCUT2D eigenvalue weighted by atomic mass is 10.3. The van der Waals surface area contributed by atoms with Crippen molar-refractivity contribution < 1.29 is 22.8 Å². The third-order valence-electron chi connectivity index (χ3n) is 4.97. The summed E-state index contributed by atoms with van der Waals surface area (Å²) in [7, 11) is -1.86. The zero-order valence-corrected chi connectivity index (χ0v) is 17.9. The van der Waals surface area contributed by atoms with Gasteiger partial charge in [0.25, 0.3) is 5.69 Å². The first-order valence-electron chi connectivity index (χ1n) is 9.39. The number of nitro groups is 1. The molecule has 2 heterocycles. The second-order valence-corrected chi connectivity index (χ2v) is 10.1. The molecule has 0 unspecified atom stereocenters. The van der Waals surface area contributed by atoms with Crippen LogP contribution in [0.25, 0.3) is 0 Å². The molecule has 2 aromatic rings. The molecule has 11 heteroatoms. The van der Waals surface area contributed by atoms with Crippen molar-refractivity contribution in [1.29, 1.82) is 0 Å². The molecule has 0 aromatic heterocycles. The first-order chi connectivity index (χ1) is 14.3. The minimum atomic E-state index is -3.79. The molecule has 2 aliphatic heterocycles. The van der Waals surface area contributed by atoms with E-state index in [-0.39, 0.29) is 10.6 Å². The summed E-state index contributed by atoms with van der Waals surface area (Å²) in [6.07, 6.45) is 0. The molecule has 2 aromatic carbocycles. The fraction of sp³-hybridized carbons (Fsp3) is 0.368. The fourth-order valence-electron chi connectivity index (χ4n) is 3.28. The first-order valence-corrected chi connectivity index (χ1v) is 11.6. The highest BCUT2D eigenvalue weighted by Crippen LogP contribution is 2.40. The van der Waals surface area contributed by atoms with Gasteiger partial charge in [-0.3, -0.25) is 10.1 Å². The molecular weight excluding hydrogens is 430 g/mol. The number of hydrogen-bond donors (Lipinski definition) is 0. The predicted molar refractivity (Wildman–Crippen MR) is 111 cm³/mol. The van der Waals surface area contributed by atoms with Crippen molar-refractivity contribution in [3.8, 4) is 11.5 Å². The topological polar surface area (TPSA) is 102 Å². The van der Waals surface area contributed by atoms with E-state index in [1.54, 1.807) is 18.2 Å². The van der Waals surface area contributed by atoms with Crippen LogP contribution in [0.15, 0.2) is 51.1 Å². The van der Waals surface area contributed by atoms with Gasteiger partial charge in [-0.2, -0.15) is 4.31 Å². The van der Waals surface area contributed by atoms with E-state index in [9.17, 15) is 18.5 Å². The molecule has 4 rings (SSSR count). The van der Waals surface area contributed by atoms with Crippen molar-refractivity contribution in [2.24, 2.45) is 0 Å². The van der Waals surface area contributed by atoms with Gasteiger partial charge in [-0.25, -0.2) is 8.42 Å². The molecule has 0 bridgehead atoms. The van der Waals surface area contributed by atoms with Gasteiger partial charge >= 0.3 is 0 Å². The van der Waals surface area contributed by atoms with Crippen LogP contribution in [-0.2, 0) is 10.0 Å². The summed E-state index contributed by atoms with van der Waals surface area (Å²) < 4.78 is 38.3. The van der Waals surface area contributed by atoms with Gasteiger partial charge in [0, 0.05) is 37.1 Å². The Morgan fingerprint density at radius 2 is 1.70 bits per heavy atom. The number of rotatable bonds is 5. The van der Waals surface area contributed by atoms with E-state index in [4.69, 9.17) is 9.47 Å². The molecule has 1 fully saturated rings. The van der Waals surface area contributed by atoms with E-state index in [2.05, 4.69) is 0 Å². The van der Waals surface area contributed by atoms with Crippen LogP contribution < -0.4 is 9.47 Å². The van der Waals surface area contributed by atoms with Crippen molar-refractivity contribution in [3.63, 3.8) is 0 Å². The van der Waals surface area contributed by atoms with Crippen LogP contribution in [0.1, 0.15) is 0 Å². The Kier molecular flexibility index (Phi) is 5.87. The van der Waals surface area contributed by atoms with E-state index < -0.39 is 14.9 Å². The molecule has 9 nitrogen and oxygen atoms in total. The maximum atomic E-state index is 12.9. The summed E-state index contributed by atoms with van der Waals surface area (Å²) in [5.41, 5.74) is -0.245. The molecule has 0 aliphatic carbocycles. The normalized spacial score (nSPS) is 17.6. The Hall–Kier alpha value is -2.34. The molecule has 160 valence electrons. The molecular formula is C19H21N3O6S2. The molecule has 0 N–H and O–H groups in total. The lowest BCUT2D eigenvalue weighted by Gasteiger charge is -2.31. The van der Waals surface area contributed by atoms with E-state index in [0.717, 1.165) is 11.0 Å². The second-order valence-electron chi connectivity index (χ2n) is 7.00. The molecule has 30 heavy (non-hydrogen) atoms. The number of likely N-dealkylation sites (N-methyl/N-ethyl adjacent to an activating group) is 1. The van der Waals surface area contributed by atoms with Gasteiger partial charge in [-0.15, -0.1) is 0 Å². The number of nitrogens with zero attached hydrogens (tertiary/aromatic N) is 3. The average molecular weight is 452 g/mol. The summed E-state index contributed by atoms with van der Waals surface area (Å²) in [5, 5.41) is 11.7. The summed E-state index contributed by atoms with van der Waals surface area (Å²) in [6, 6.07) is 9.38. The number of hydrogen-bond acceptors (Lipinski definition) is 8. The van der Waals surface area contributed by atoms with Crippen molar-refractivity contribution in [3.05, 3.63) is 46.5 Å². The SMILES string of the molecule is CN1CCN(S(=O)(=O)c2ccc(Sc3ccc4c(c3)OCCO4)c([N+](=O)[O-])c2)CC1. The molecule has 1 saturated heterocycles. The van der Waals surface area contributed by atoms with Crippen molar-refractivity contribution in [2.75, 3.05) is 46.4 Å². The zero-order chi connectivity index (χ0) is 21.3. The van der Waals surface area contributed by atoms with E-state index in [1.807, 2.05) is 11.9 Å². The first kappa shape index (κ1) is 20.9. The van der Waals surface area contributed by atoms with Crippen LogP contribution in [0.3, 0.4) is 0 Å². The highest BCUT2D eigenvalue weighted by Gasteiger charge is 2.30. The average Bonchev–Trinajstić information content (AvgIpc) is 2.74. The number of fused-ring (bicyclic) bond motifs is 1. The third-order valence-corrected chi connectivity index (χ3v) is 7.92. The smallest absolute Gasteiger partial charge is 0.284 e. The lowest BCUT2D eigenvalue weighted by Crippen LogP contribution is -2.47. The van der Waals surface area contributed by atoms with Crippen molar-refractivity contribution in [2.45, 2.75) is 14.7 Å². The van der Waals surface area contributed by atoms with Gasteiger partial charge in [0.15, 0.2) is 11.5 Å². The molecule has 0 spiro atoms. The van der Waals surface area contributed by atoms with Crippen LogP contribution in [0, 0.1) is 10.1 Å². The Balaban J connectivity index is 1.62. The van der Waals surface area contributed by atoms with E-state index in [0.29, 0.717) is 55.8 Å². The number of piperazine rings is 1. The standard InChI is InChI=1S/C19H21N3O6S2/c1-20-6-8-21(9-7-20)30(25,26)15-3-5-19(16(13-15)22(23)24)29-14-2-4-17-18(12-14)28-11-10-27-17/h2-5,12-13H,6-11H2,1H3. The Morgan fingerprint density at radius 3 is 2.40 bits per heavy atom. The van der Waals surface area contributed by atoms with Crippen LogP contribution >= 0.6 is 11.8 Å². The van der Waals surface area contributed by atoms with Crippen LogP contribution in [0.4, 0.5) is 5.69 Å². The lowest BCUT2D eigenvalue weighted by molar-refractivity contribution is -0.388. The molecule has 0 amide bonds. The van der Waals surface area contributed by atoms with Gasteiger partial charge in [-0.1, -0.05) is 11.8 Å². The number of ether oxygens (including phenoxy) is 2. The van der Waals surface area contributed by atoms with Crippen molar-refractivity contribution in [1.82, 2.24) is 9.21 Å². The monoisotopic (exact) mass is 451 g/mol. The minimum Gasteiger partial charge on any atom is -0.486 e. The predicted octanol–water partition coefficient (Wildman–Crippen LogP) is 2.45. The Labute approximate surface area is 178 Å². The van der Waals surface area contributed by atoms with Crippen LogP contribution in [0.5, 0.6) is 11.5 Å². The summed E-state index contributed by atoms with van der Waals surface area (Å²) in [5.74, 6) is 1.22. The van der Waals surface area contributed by atoms with E-state index >= 15 is 0 Å². The molecule has 0 radical (unpaired) electrons. The largest absolute Gasteiger partial charge is 0.486 e. The Morgan fingerprint density at radius 1 is 1.00 bits per heavy atom. The number of benzene rings is 2. The highest BCUT2D eigenvalue weighted by molar-refractivity contribution is 7.99. The molecule has 0 saturated carbocycles. The second kappa shape index (κ2) is 8.42. The molecule has 2 aliphatic rings. The van der Waals surface area contributed by atoms with Gasteiger partial charge in [0.05, 0.1) is 14.7 Å². The van der Waals surface area contributed by atoms with Gasteiger partial charge in [0.2, 0.25) is 10.0 Å². The highest BCUT2D eigenvalue weighted by atomic mass is 32.2. The van der Waals surface area contributed by atoms with Crippen LogP contribution in [0.2, 0.25) is 0 Å². The number of nitro benzene ring substituents is 1. The number of sulfonamides is 1. The zero-order valence-electron chi connectivity index (χ0n) is 16.3. The Bertz CT molecular complexity index is 1070. The van der Waals surface area contributed by atoms with E-state index in [1.165, 1.54) is 28.2 Å². The van der Waals surface area contributed by atoms with Gasteiger partial charge < -0.3 is 14.4 Å². The minimum absolute atomic E-state index is 0.0646.